The van der Waals surface area contributed by atoms with Gasteiger partial charge in [-0.05, 0) is 48.6 Å². The molecule has 1 N–H and O–H groups in total. The third kappa shape index (κ3) is 4.34. The van der Waals surface area contributed by atoms with Crippen molar-refractivity contribution >= 4 is 34.9 Å². The molecule has 4 rings (SSSR count). The molecule has 3 aromatic rings. The average molecular weight is 471 g/mol. The molecule has 7 nitrogen and oxygen atoms in total. The number of benzene rings is 2. The Morgan fingerprint density at radius 2 is 1.55 bits per heavy atom. The van der Waals surface area contributed by atoms with Crippen molar-refractivity contribution in [1.29, 1.82) is 0 Å². The fourth-order valence-electron chi connectivity index (χ4n) is 3.79. The van der Waals surface area contributed by atoms with Crippen LogP contribution in [0.1, 0.15) is 20.7 Å². The van der Waals surface area contributed by atoms with Crippen molar-refractivity contribution < 1.29 is 18.4 Å². The maximum atomic E-state index is 13.5. The van der Waals surface area contributed by atoms with Gasteiger partial charge in [0.15, 0.2) is 16.4 Å². The topological polar surface area (TPSA) is 78.4 Å². The Morgan fingerprint density at radius 3 is 2.12 bits per heavy atom. The van der Waals surface area contributed by atoms with E-state index in [1.54, 1.807) is 29.2 Å². The molecule has 0 atom stereocenters. The molecule has 1 fully saturated rings. The number of nitrogens with one attached hydrogen (secondary N) is 1. The van der Waals surface area contributed by atoms with Crippen LogP contribution in [0.5, 0.6) is 0 Å². The summed E-state index contributed by atoms with van der Waals surface area (Å²) in [4.78, 5) is 44.3. The van der Waals surface area contributed by atoms with Crippen molar-refractivity contribution in [2.45, 2.75) is 6.54 Å². The van der Waals surface area contributed by atoms with Gasteiger partial charge in [0.2, 0.25) is 0 Å². The van der Waals surface area contributed by atoms with Gasteiger partial charge in [0, 0.05) is 43.9 Å². The van der Waals surface area contributed by atoms with E-state index < -0.39 is 17.5 Å². The van der Waals surface area contributed by atoms with Crippen molar-refractivity contribution in [2.75, 3.05) is 26.2 Å². The second-order valence-corrected chi connectivity index (χ2v) is 7.99. The Balaban J connectivity index is 1.49. The largest absolute Gasteiger partial charge is 0.335 e. The van der Waals surface area contributed by atoms with Gasteiger partial charge in [0.05, 0.1) is 10.9 Å². The summed E-state index contributed by atoms with van der Waals surface area (Å²) in [6.45, 7) is 4.97. The molecule has 2 amide bonds. The minimum absolute atomic E-state index is 0.0561. The first kappa shape index (κ1) is 22.5. The third-order valence-electron chi connectivity index (χ3n) is 5.56. The van der Waals surface area contributed by atoms with Gasteiger partial charge in [-0.25, -0.2) is 8.78 Å². The molecule has 0 aliphatic carbocycles. The highest BCUT2D eigenvalue weighted by atomic mass is 32.1. The molecule has 33 heavy (non-hydrogen) atoms. The molecule has 0 unspecified atom stereocenters. The molecule has 1 saturated heterocycles. The summed E-state index contributed by atoms with van der Waals surface area (Å²) in [5.74, 6) is -2.76. The molecular weight excluding hydrogens is 450 g/mol. The van der Waals surface area contributed by atoms with E-state index in [-0.39, 0.29) is 54.5 Å². The van der Waals surface area contributed by atoms with Crippen molar-refractivity contribution in [3.05, 3.63) is 86.9 Å². The zero-order valence-electron chi connectivity index (χ0n) is 17.5. The molecule has 1 aromatic heterocycles. The van der Waals surface area contributed by atoms with E-state index in [0.717, 1.165) is 12.1 Å². The van der Waals surface area contributed by atoms with Gasteiger partial charge in [-0.1, -0.05) is 6.08 Å². The SMILES string of the molecule is C=CCn1c(=S)[nH]c2cc(C(=O)N3CCN(C(=O)c4ccc(F)c(F)c4)CC3)ccc2c1=O. The van der Waals surface area contributed by atoms with Gasteiger partial charge in [0.1, 0.15) is 0 Å². The first-order chi connectivity index (χ1) is 15.8. The molecule has 1 aliphatic rings. The number of H-pyrrole nitrogens is 1. The van der Waals surface area contributed by atoms with Crippen LogP contribution in [0.4, 0.5) is 8.78 Å². The average Bonchev–Trinajstić information content (AvgIpc) is 2.82. The molecular formula is C23H20F2N4O3S. The van der Waals surface area contributed by atoms with Crippen LogP contribution in [0.3, 0.4) is 0 Å². The van der Waals surface area contributed by atoms with Crippen LogP contribution in [0.25, 0.3) is 10.9 Å². The highest BCUT2D eigenvalue weighted by Crippen LogP contribution is 2.16. The molecule has 2 aromatic carbocycles. The number of nitrogens with zero attached hydrogens (tertiary/aromatic N) is 3. The van der Waals surface area contributed by atoms with E-state index in [1.807, 2.05) is 0 Å². The van der Waals surface area contributed by atoms with E-state index in [4.69, 9.17) is 12.2 Å². The van der Waals surface area contributed by atoms with Crippen molar-refractivity contribution in [3.63, 3.8) is 0 Å². The Labute approximate surface area is 192 Å². The smallest absolute Gasteiger partial charge is 0.262 e. The minimum atomic E-state index is -1.08. The lowest BCUT2D eigenvalue weighted by Crippen LogP contribution is -2.50. The summed E-state index contributed by atoms with van der Waals surface area (Å²) >= 11 is 5.24. The molecule has 10 heteroatoms. The Bertz CT molecular complexity index is 1390. The number of fused-ring (bicyclic) bond motifs is 1. The molecule has 0 radical (unpaired) electrons. The standard InChI is InChI=1S/C23H20F2N4O3S/c1-2-7-29-22(32)16-5-3-15(13-19(16)26-23(29)33)21(31)28-10-8-27(9-11-28)20(30)14-4-6-17(24)18(25)12-14/h2-6,12-13H,1,7-11H2,(H,26,33). The number of carbonyl (C=O) groups is 2. The van der Waals surface area contributed by atoms with Gasteiger partial charge < -0.3 is 14.8 Å². The Hall–Kier alpha value is -3.66. The normalized spacial score (nSPS) is 13.9. The van der Waals surface area contributed by atoms with Gasteiger partial charge in [-0.3, -0.25) is 19.0 Å². The number of rotatable bonds is 4. The maximum Gasteiger partial charge on any atom is 0.262 e. The van der Waals surface area contributed by atoms with E-state index in [1.165, 1.54) is 15.5 Å². The van der Waals surface area contributed by atoms with Gasteiger partial charge >= 0.3 is 0 Å². The predicted molar refractivity (Wildman–Crippen MR) is 122 cm³/mol. The van der Waals surface area contributed by atoms with Gasteiger partial charge in [-0.2, -0.15) is 0 Å². The second-order valence-electron chi connectivity index (χ2n) is 7.61. The van der Waals surface area contributed by atoms with E-state index >= 15 is 0 Å². The quantitative estimate of drug-likeness (QED) is 0.470. The summed E-state index contributed by atoms with van der Waals surface area (Å²) in [5.41, 5.74) is 0.635. The number of carbonyl (C=O) groups excluding carboxylic acids is 2. The lowest BCUT2D eigenvalue weighted by molar-refractivity contribution is 0.0535. The van der Waals surface area contributed by atoms with Crippen LogP contribution < -0.4 is 5.56 Å². The first-order valence-corrected chi connectivity index (χ1v) is 10.6. The van der Waals surface area contributed by atoms with E-state index in [2.05, 4.69) is 11.6 Å². The number of aromatic nitrogens is 2. The van der Waals surface area contributed by atoms with Gasteiger partial charge in [-0.15, -0.1) is 6.58 Å². The molecule has 0 bridgehead atoms. The van der Waals surface area contributed by atoms with E-state index in [0.29, 0.717) is 16.5 Å². The summed E-state index contributed by atoms with van der Waals surface area (Å²) in [6.07, 6.45) is 1.58. The number of halogens is 2. The predicted octanol–water partition coefficient (Wildman–Crippen LogP) is 3.12. The number of amides is 2. The lowest BCUT2D eigenvalue weighted by atomic mass is 10.1. The maximum absolute atomic E-state index is 13.5. The molecule has 2 heterocycles. The minimum Gasteiger partial charge on any atom is -0.335 e. The van der Waals surface area contributed by atoms with E-state index in [9.17, 15) is 23.2 Å². The third-order valence-corrected chi connectivity index (χ3v) is 5.88. The number of hydrogen-bond acceptors (Lipinski definition) is 4. The highest BCUT2D eigenvalue weighted by molar-refractivity contribution is 7.71. The summed E-state index contributed by atoms with van der Waals surface area (Å²) < 4.78 is 28.2. The van der Waals surface area contributed by atoms with Crippen LogP contribution in [0, 0.1) is 16.4 Å². The lowest BCUT2D eigenvalue weighted by Gasteiger charge is -2.35. The summed E-state index contributed by atoms with van der Waals surface area (Å²) in [6, 6.07) is 7.78. The molecule has 170 valence electrons. The zero-order valence-corrected chi connectivity index (χ0v) is 18.3. The van der Waals surface area contributed by atoms with Crippen LogP contribution in [0.2, 0.25) is 0 Å². The van der Waals surface area contributed by atoms with Gasteiger partial charge in [0.25, 0.3) is 17.4 Å². The second kappa shape index (κ2) is 9.07. The van der Waals surface area contributed by atoms with Crippen LogP contribution >= 0.6 is 12.2 Å². The number of aromatic amines is 1. The molecule has 1 aliphatic heterocycles. The van der Waals surface area contributed by atoms with Crippen LogP contribution in [-0.4, -0.2) is 57.3 Å². The fraction of sp³-hybridized carbons (Fsp3) is 0.217. The Morgan fingerprint density at radius 1 is 0.970 bits per heavy atom. The number of allylic oxidation sites excluding steroid dienone is 1. The highest BCUT2D eigenvalue weighted by Gasteiger charge is 2.26. The number of hydrogen-bond donors (Lipinski definition) is 1. The van der Waals surface area contributed by atoms with Crippen molar-refractivity contribution in [2.24, 2.45) is 0 Å². The summed E-state index contributed by atoms with van der Waals surface area (Å²) in [7, 11) is 0. The van der Waals surface area contributed by atoms with Crippen molar-refractivity contribution in [1.82, 2.24) is 19.4 Å². The van der Waals surface area contributed by atoms with Crippen LogP contribution in [0.15, 0.2) is 53.8 Å². The summed E-state index contributed by atoms with van der Waals surface area (Å²) in [5, 5.41) is 0.406. The molecule has 0 spiro atoms. The van der Waals surface area contributed by atoms with Crippen molar-refractivity contribution in [3.8, 4) is 0 Å². The first-order valence-electron chi connectivity index (χ1n) is 10.2. The monoisotopic (exact) mass is 470 g/mol. The molecule has 0 saturated carbocycles. The fourth-order valence-corrected chi connectivity index (χ4v) is 4.06. The number of piperazine rings is 1. The zero-order chi connectivity index (χ0) is 23.7. The Kier molecular flexibility index (Phi) is 6.19. The van der Waals surface area contributed by atoms with Crippen LogP contribution in [-0.2, 0) is 6.54 Å².